The molecule has 0 aliphatic carbocycles. The van der Waals surface area contributed by atoms with Crippen molar-refractivity contribution in [2.75, 3.05) is 0 Å². The first-order valence-electron chi connectivity index (χ1n) is 5.53. The lowest BCUT2D eigenvalue weighted by Gasteiger charge is -2.12. The van der Waals surface area contributed by atoms with Crippen LogP contribution in [0.5, 0.6) is 11.5 Å². The monoisotopic (exact) mass is 325 g/mol. The molecule has 0 unspecified atom stereocenters. The lowest BCUT2D eigenvalue weighted by molar-refractivity contribution is 0.476. The van der Waals surface area contributed by atoms with Gasteiger partial charge in [-0.15, -0.1) is 0 Å². The second kappa shape index (κ2) is 5.74. The van der Waals surface area contributed by atoms with Crippen molar-refractivity contribution in [2.24, 2.45) is 5.73 Å². The van der Waals surface area contributed by atoms with Gasteiger partial charge in [0.15, 0.2) is 0 Å². The van der Waals surface area contributed by atoms with Crippen molar-refractivity contribution >= 4 is 27.5 Å². The Labute approximate surface area is 120 Å². The van der Waals surface area contributed by atoms with E-state index in [4.69, 9.17) is 22.1 Å². The highest BCUT2D eigenvalue weighted by molar-refractivity contribution is 9.10. The highest BCUT2D eigenvalue weighted by atomic mass is 79.9. The van der Waals surface area contributed by atoms with Gasteiger partial charge in [0.25, 0.3) is 0 Å². The zero-order chi connectivity index (χ0) is 13.1. The number of benzene rings is 2. The molecule has 2 N–H and O–H groups in total. The lowest BCUT2D eigenvalue weighted by Crippen LogP contribution is -2.00. The Morgan fingerprint density at radius 3 is 2.67 bits per heavy atom. The Balaban J connectivity index is 2.37. The minimum Gasteiger partial charge on any atom is -0.455 e. The van der Waals surface area contributed by atoms with Crippen LogP contribution in [0.2, 0.25) is 5.02 Å². The molecule has 0 aliphatic heterocycles. The van der Waals surface area contributed by atoms with Crippen LogP contribution in [0.15, 0.2) is 40.9 Å². The van der Waals surface area contributed by atoms with E-state index in [0.29, 0.717) is 17.3 Å². The number of rotatable bonds is 3. The molecule has 2 nitrogen and oxygen atoms in total. The second-order valence-electron chi connectivity index (χ2n) is 3.96. The van der Waals surface area contributed by atoms with Gasteiger partial charge in [0.2, 0.25) is 0 Å². The van der Waals surface area contributed by atoms with Crippen LogP contribution in [0.1, 0.15) is 11.1 Å². The van der Waals surface area contributed by atoms with E-state index in [1.54, 1.807) is 0 Å². The highest BCUT2D eigenvalue weighted by Crippen LogP contribution is 2.34. The maximum Gasteiger partial charge on any atom is 0.146 e. The van der Waals surface area contributed by atoms with Crippen LogP contribution < -0.4 is 10.5 Å². The number of aryl methyl sites for hydroxylation is 1. The topological polar surface area (TPSA) is 35.2 Å². The van der Waals surface area contributed by atoms with Crippen LogP contribution in [0, 0.1) is 6.92 Å². The van der Waals surface area contributed by atoms with Crippen molar-refractivity contribution in [3.63, 3.8) is 0 Å². The molecule has 2 aromatic carbocycles. The Morgan fingerprint density at radius 1 is 1.22 bits per heavy atom. The van der Waals surface area contributed by atoms with Gasteiger partial charge in [0, 0.05) is 16.6 Å². The zero-order valence-electron chi connectivity index (χ0n) is 9.91. The van der Waals surface area contributed by atoms with Crippen LogP contribution in [0.4, 0.5) is 0 Å². The van der Waals surface area contributed by atoms with Gasteiger partial charge in [-0.25, -0.2) is 0 Å². The predicted octanol–water partition coefficient (Wildman–Crippen LogP) is 4.66. The molecule has 4 heteroatoms. The van der Waals surface area contributed by atoms with Crippen LogP contribution in [0.3, 0.4) is 0 Å². The molecule has 2 rings (SSSR count). The van der Waals surface area contributed by atoms with Crippen molar-refractivity contribution in [1.29, 1.82) is 0 Å². The van der Waals surface area contributed by atoms with Gasteiger partial charge in [-0.05, 0) is 36.8 Å². The zero-order valence-corrected chi connectivity index (χ0v) is 12.3. The van der Waals surface area contributed by atoms with E-state index < -0.39 is 0 Å². The average molecular weight is 327 g/mol. The largest absolute Gasteiger partial charge is 0.455 e. The molecule has 0 saturated heterocycles. The Bertz CT molecular complexity index is 572. The summed E-state index contributed by atoms with van der Waals surface area (Å²) >= 11 is 9.60. The number of hydrogen-bond acceptors (Lipinski definition) is 2. The molecule has 0 radical (unpaired) electrons. The molecule has 94 valence electrons. The molecule has 0 amide bonds. The molecule has 0 saturated carbocycles. The first-order valence-corrected chi connectivity index (χ1v) is 6.70. The first kappa shape index (κ1) is 13.4. The maximum atomic E-state index is 6.15. The van der Waals surface area contributed by atoms with Crippen LogP contribution in [-0.2, 0) is 6.54 Å². The Morgan fingerprint density at radius 2 is 2.00 bits per heavy atom. The third-order valence-electron chi connectivity index (χ3n) is 2.59. The summed E-state index contributed by atoms with van der Waals surface area (Å²) in [5.74, 6) is 1.35. The smallest absolute Gasteiger partial charge is 0.146 e. The van der Waals surface area contributed by atoms with E-state index in [0.717, 1.165) is 21.3 Å². The van der Waals surface area contributed by atoms with Gasteiger partial charge in [0.05, 0.1) is 5.02 Å². The third-order valence-corrected chi connectivity index (χ3v) is 3.63. The van der Waals surface area contributed by atoms with Crippen molar-refractivity contribution in [2.45, 2.75) is 13.5 Å². The average Bonchev–Trinajstić information content (AvgIpc) is 2.33. The number of ether oxygens (including phenoxy) is 1. The summed E-state index contributed by atoms with van der Waals surface area (Å²) in [6, 6.07) is 11.4. The molecular formula is C14H13BrClNO. The summed E-state index contributed by atoms with van der Waals surface area (Å²) in [7, 11) is 0. The predicted molar refractivity (Wildman–Crippen MR) is 78.3 cm³/mol. The summed E-state index contributed by atoms with van der Waals surface area (Å²) in [5, 5.41) is 0.595. The van der Waals surface area contributed by atoms with E-state index in [1.807, 2.05) is 43.3 Å². The van der Waals surface area contributed by atoms with E-state index in [2.05, 4.69) is 15.9 Å². The van der Waals surface area contributed by atoms with E-state index >= 15 is 0 Å². The van der Waals surface area contributed by atoms with Gasteiger partial charge in [-0.1, -0.05) is 39.7 Å². The molecule has 0 heterocycles. The summed E-state index contributed by atoms with van der Waals surface area (Å²) in [5.41, 5.74) is 7.75. The van der Waals surface area contributed by atoms with Crippen LogP contribution >= 0.6 is 27.5 Å². The first-order chi connectivity index (χ1) is 8.61. The SMILES string of the molecule is Cc1ccc(Oc2cccc(Br)c2CN)c(Cl)c1. The molecule has 2 aromatic rings. The van der Waals surface area contributed by atoms with Crippen molar-refractivity contribution < 1.29 is 4.74 Å². The molecule has 18 heavy (non-hydrogen) atoms. The molecule has 0 aromatic heterocycles. The minimum absolute atomic E-state index is 0.403. The van der Waals surface area contributed by atoms with Gasteiger partial charge in [-0.2, -0.15) is 0 Å². The fourth-order valence-corrected chi connectivity index (χ4v) is 2.42. The molecular weight excluding hydrogens is 314 g/mol. The quantitative estimate of drug-likeness (QED) is 0.890. The summed E-state index contributed by atoms with van der Waals surface area (Å²) in [6.45, 7) is 2.39. The van der Waals surface area contributed by atoms with E-state index in [1.165, 1.54) is 0 Å². The van der Waals surface area contributed by atoms with Crippen molar-refractivity contribution in [1.82, 2.24) is 0 Å². The minimum atomic E-state index is 0.403. The third kappa shape index (κ3) is 2.86. The number of halogens is 2. The van der Waals surface area contributed by atoms with Crippen LogP contribution in [0.25, 0.3) is 0 Å². The Hall–Kier alpha value is -1.03. The summed E-state index contributed by atoms with van der Waals surface area (Å²) in [6.07, 6.45) is 0. The summed E-state index contributed by atoms with van der Waals surface area (Å²) in [4.78, 5) is 0. The van der Waals surface area contributed by atoms with Gasteiger partial charge in [0.1, 0.15) is 11.5 Å². The molecule has 0 aliphatic rings. The van der Waals surface area contributed by atoms with Crippen LogP contribution in [-0.4, -0.2) is 0 Å². The standard InChI is InChI=1S/C14H13BrClNO/c1-9-5-6-14(12(16)7-9)18-13-4-2-3-11(15)10(13)8-17/h2-7H,8,17H2,1H3. The van der Waals surface area contributed by atoms with Gasteiger partial charge < -0.3 is 10.5 Å². The highest BCUT2D eigenvalue weighted by Gasteiger charge is 2.09. The molecule has 0 fully saturated rings. The normalized spacial score (nSPS) is 10.4. The molecule has 0 atom stereocenters. The fraction of sp³-hybridized carbons (Fsp3) is 0.143. The van der Waals surface area contributed by atoms with Gasteiger partial charge >= 0.3 is 0 Å². The maximum absolute atomic E-state index is 6.15. The molecule has 0 spiro atoms. The molecule has 0 bridgehead atoms. The van der Waals surface area contributed by atoms with Gasteiger partial charge in [-0.3, -0.25) is 0 Å². The lowest BCUT2D eigenvalue weighted by atomic mass is 10.2. The summed E-state index contributed by atoms with van der Waals surface area (Å²) < 4.78 is 6.76. The van der Waals surface area contributed by atoms with E-state index in [9.17, 15) is 0 Å². The van der Waals surface area contributed by atoms with E-state index in [-0.39, 0.29) is 0 Å². The number of nitrogens with two attached hydrogens (primary N) is 1. The van der Waals surface area contributed by atoms with Crippen molar-refractivity contribution in [3.05, 3.63) is 57.0 Å². The second-order valence-corrected chi connectivity index (χ2v) is 5.22. The Kier molecular flexibility index (Phi) is 4.27. The number of hydrogen-bond donors (Lipinski definition) is 1. The van der Waals surface area contributed by atoms with Crippen molar-refractivity contribution in [3.8, 4) is 11.5 Å². The fourth-order valence-electron chi connectivity index (χ4n) is 1.64.